The van der Waals surface area contributed by atoms with Crippen molar-refractivity contribution < 1.29 is 4.74 Å². The molecular formula is C15H15ClO. The highest BCUT2D eigenvalue weighted by Gasteiger charge is 2.00. The third kappa shape index (κ3) is 3.24. The number of aryl methyl sites for hydroxylation is 2. The minimum Gasteiger partial charge on any atom is -0.489 e. The van der Waals surface area contributed by atoms with Gasteiger partial charge in [-0.3, -0.25) is 0 Å². The molecule has 0 aromatic heterocycles. The Labute approximate surface area is 107 Å². The van der Waals surface area contributed by atoms with Crippen molar-refractivity contribution in [1.82, 2.24) is 0 Å². The second kappa shape index (κ2) is 5.24. The van der Waals surface area contributed by atoms with Gasteiger partial charge in [0.2, 0.25) is 0 Å². The van der Waals surface area contributed by atoms with Crippen LogP contribution in [0.1, 0.15) is 16.7 Å². The van der Waals surface area contributed by atoms with Gasteiger partial charge in [-0.05, 0) is 43.2 Å². The summed E-state index contributed by atoms with van der Waals surface area (Å²) in [5.41, 5.74) is 3.71. The van der Waals surface area contributed by atoms with Crippen LogP contribution in [0.5, 0.6) is 5.75 Å². The van der Waals surface area contributed by atoms with Crippen LogP contribution >= 0.6 is 11.6 Å². The average Bonchev–Trinajstić information content (AvgIpc) is 2.30. The molecule has 0 N–H and O–H groups in total. The maximum atomic E-state index is 5.90. The monoisotopic (exact) mass is 246 g/mol. The van der Waals surface area contributed by atoms with Gasteiger partial charge in [-0.25, -0.2) is 0 Å². The van der Waals surface area contributed by atoms with Gasteiger partial charge in [0, 0.05) is 5.02 Å². The minimum absolute atomic E-state index is 0.577. The average molecular weight is 247 g/mol. The molecule has 0 heterocycles. The van der Waals surface area contributed by atoms with E-state index in [9.17, 15) is 0 Å². The number of benzene rings is 2. The fourth-order valence-corrected chi connectivity index (χ4v) is 1.85. The molecule has 0 saturated heterocycles. The van der Waals surface area contributed by atoms with Gasteiger partial charge in [-0.15, -0.1) is 0 Å². The Balaban J connectivity index is 2.09. The SMILES string of the molecule is Cc1ccc(C)c(COc2cccc(Cl)c2)c1. The Morgan fingerprint density at radius 3 is 2.65 bits per heavy atom. The third-order valence-electron chi connectivity index (χ3n) is 2.70. The summed E-state index contributed by atoms with van der Waals surface area (Å²) in [6.07, 6.45) is 0. The van der Waals surface area contributed by atoms with Crippen molar-refractivity contribution in [3.8, 4) is 5.75 Å². The standard InChI is InChI=1S/C15H15ClO/c1-11-6-7-12(2)13(8-11)10-17-15-5-3-4-14(16)9-15/h3-9H,10H2,1-2H3. The summed E-state index contributed by atoms with van der Waals surface area (Å²) in [6.45, 7) is 4.76. The first-order valence-electron chi connectivity index (χ1n) is 5.59. The molecule has 0 aliphatic heterocycles. The van der Waals surface area contributed by atoms with Crippen LogP contribution in [0.4, 0.5) is 0 Å². The van der Waals surface area contributed by atoms with Crippen LogP contribution in [0.2, 0.25) is 5.02 Å². The molecule has 0 aliphatic carbocycles. The van der Waals surface area contributed by atoms with Crippen molar-refractivity contribution in [3.05, 3.63) is 64.2 Å². The highest BCUT2D eigenvalue weighted by molar-refractivity contribution is 6.30. The van der Waals surface area contributed by atoms with Gasteiger partial charge in [0.15, 0.2) is 0 Å². The molecule has 0 unspecified atom stereocenters. The fourth-order valence-electron chi connectivity index (χ4n) is 1.67. The molecule has 17 heavy (non-hydrogen) atoms. The molecular weight excluding hydrogens is 232 g/mol. The number of hydrogen-bond donors (Lipinski definition) is 0. The zero-order valence-electron chi connectivity index (χ0n) is 10.0. The normalized spacial score (nSPS) is 10.3. The predicted molar refractivity (Wildman–Crippen MR) is 71.7 cm³/mol. The van der Waals surface area contributed by atoms with E-state index in [4.69, 9.17) is 16.3 Å². The van der Waals surface area contributed by atoms with Crippen molar-refractivity contribution in [2.24, 2.45) is 0 Å². The Morgan fingerprint density at radius 1 is 1.06 bits per heavy atom. The highest BCUT2D eigenvalue weighted by Crippen LogP contribution is 2.19. The van der Waals surface area contributed by atoms with Crippen LogP contribution in [0.15, 0.2) is 42.5 Å². The van der Waals surface area contributed by atoms with Crippen LogP contribution in [-0.2, 0) is 6.61 Å². The Bertz CT molecular complexity index is 520. The first kappa shape index (κ1) is 12.0. The van der Waals surface area contributed by atoms with Gasteiger partial charge in [0.05, 0.1) is 0 Å². The molecule has 0 aliphatic rings. The lowest BCUT2D eigenvalue weighted by atomic mass is 10.1. The Hall–Kier alpha value is -1.47. The number of halogens is 1. The van der Waals surface area contributed by atoms with Gasteiger partial charge in [0.1, 0.15) is 12.4 Å². The molecule has 0 saturated carbocycles. The lowest BCUT2D eigenvalue weighted by Crippen LogP contribution is -1.98. The van der Waals surface area contributed by atoms with Crippen molar-refractivity contribution in [1.29, 1.82) is 0 Å². The number of rotatable bonds is 3. The zero-order valence-corrected chi connectivity index (χ0v) is 10.8. The second-order valence-electron chi connectivity index (χ2n) is 4.18. The van der Waals surface area contributed by atoms with E-state index in [0.29, 0.717) is 11.6 Å². The van der Waals surface area contributed by atoms with Crippen molar-refractivity contribution in [2.45, 2.75) is 20.5 Å². The van der Waals surface area contributed by atoms with E-state index in [2.05, 4.69) is 32.0 Å². The molecule has 2 aromatic carbocycles. The Kier molecular flexibility index (Phi) is 3.70. The van der Waals surface area contributed by atoms with E-state index in [1.807, 2.05) is 24.3 Å². The molecule has 2 rings (SSSR count). The molecule has 0 radical (unpaired) electrons. The van der Waals surface area contributed by atoms with Gasteiger partial charge >= 0.3 is 0 Å². The van der Waals surface area contributed by atoms with Gasteiger partial charge in [-0.1, -0.05) is 41.4 Å². The molecule has 2 heteroatoms. The highest BCUT2D eigenvalue weighted by atomic mass is 35.5. The van der Waals surface area contributed by atoms with Gasteiger partial charge in [-0.2, -0.15) is 0 Å². The number of ether oxygens (including phenoxy) is 1. The predicted octanol–water partition coefficient (Wildman–Crippen LogP) is 4.54. The topological polar surface area (TPSA) is 9.23 Å². The van der Waals surface area contributed by atoms with Crippen LogP contribution in [-0.4, -0.2) is 0 Å². The first-order chi connectivity index (χ1) is 8.15. The van der Waals surface area contributed by atoms with Crippen LogP contribution in [0.25, 0.3) is 0 Å². The maximum Gasteiger partial charge on any atom is 0.121 e. The first-order valence-corrected chi connectivity index (χ1v) is 5.97. The summed E-state index contributed by atoms with van der Waals surface area (Å²) >= 11 is 5.90. The van der Waals surface area contributed by atoms with E-state index < -0.39 is 0 Å². The van der Waals surface area contributed by atoms with E-state index in [1.54, 1.807) is 0 Å². The van der Waals surface area contributed by atoms with E-state index in [-0.39, 0.29) is 0 Å². The van der Waals surface area contributed by atoms with E-state index >= 15 is 0 Å². The Morgan fingerprint density at radius 2 is 1.88 bits per heavy atom. The molecule has 0 bridgehead atoms. The van der Waals surface area contributed by atoms with Crippen molar-refractivity contribution >= 4 is 11.6 Å². The van der Waals surface area contributed by atoms with E-state index in [0.717, 1.165) is 5.75 Å². The lowest BCUT2D eigenvalue weighted by molar-refractivity contribution is 0.305. The van der Waals surface area contributed by atoms with Crippen molar-refractivity contribution in [2.75, 3.05) is 0 Å². The minimum atomic E-state index is 0.577. The van der Waals surface area contributed by atoms with Crippen molar-refractivity contribution in [3.63, 3.8) is 0 Å². The summed E-state index contributed by atoms with van der Waals surface area (Å²) in [4.78, 5) is 0. The third-order valence-corrected chi connectivity index (χ3v) is 2.93. The molecule has 1 nitrogen and oxygen atoms in total. The fraction of sp³-hybridized carbons (Fsp3) is 0.200. The summed E-state index contributed by atoms with van der Waals surface area (Å²) in [6, 6.07) is 13.8. The van der Waals surface area contributed by atoms with E-state index in [1.165, 1.54) is 16.7 Å². The summed E-state index contributed by atoms with van der Waals surface area (Å²) in [7, 11) is 0. The quantitative estimate of drug-likeness (QED) is 0.773. The maximum absolute atomic E-state index is 5.90. The zero-order chi connectivity index (χ0) is 12.3. The molecule has 0 spiro atoms. The lowest BCUT2D eigenvalue weighted by Gasteiger charge is -2.09. The van der Waals surface area contributed by atoms with Crippen LogP contribution in [0.3, 0.4) is 0 Å². The van der Waals surface area contributed by atoms with Gasteiger partial charge < -0.3 is 4.74 Å². The second-order valence-corrected chi connectivity index (χ2v) is 4.61. The molecule has 0 atom stereocenters. The summed E-state index contributed by atoms with van der Waals surface area (Å²) in [5, 5.41) is 0.698. The van der Waals surface area contributed by atoms with Crippen LogP contribution in [0, 0.1) is 13.8 Å². The molecule has 0 amide bonds. The number of hydrogen-bond acceptors (Lipinski definition) is 1. The van der Waals surface area contributed by atoms with Gasteiger partial charge in [0.25, 0.3) is 0 Å². The summed E-state index contributed by atoms with van der Waals surface area (Å²) in [5.74, 6) is 0.804. The smallest absolute Gasteiger partial charge is 0.121 e. The molecule has 88 valence electrons. The summed E-state index contributed by atoms with van der Waals surface area (Å²) < 4.78 is 5.72. The molecule has 0 fully saturated rings. The largest absolute Gasteiger partial charge is 0.489 e. The molecule has 2 aromatic rings. The van der Waals surface area contributed by atoms with Crippen LogP contribution < -0.4 is 4.74 Å².